The van der Waals surface area contributed by atoms with Gasteiger partial charge in [0.05, 0.1) is 23.7 Å². The van der Waals surface area contributed by atoms with Gasteiger partial charge in [-0.1, -0.05) is 85.8 Å². The minimum Gasteiger partial charge on any atom is -0.494 e. The van der Waals surface area contributed by atoms with E-state index in [2.05, 4.69) is 5.32 Å². The number of benzene rings is 3. The van der Waals surface area contributed by atoms with Gasteiger partial charge in [-0.25, -0.2) is 4.98 Å². The first kappa shape index (κ1) is 21.5. The smallest absolute Gasteiger partial charge is 0.255 e. The average molecular weight is 426 g/mol. The van der Waals surface area contributed by atoms with E-state index >= 15 is 0 Å². The van der Waals surface area contributed by atoms with Crippen LogP contribution in [-0.2, 0) is 5.54 Å². The number of fused-ring (bicyclic) bond motifs is 1. The standard InChI is InChI=1S/C27H27N3O2/c1-3-27(28,20-14-8-5-9-15-20)18-29-26(31)23-21-16-10-11-17-22(21)30-24(25(23)32-2)19-12-6-4-7-13-19/h4-17H,3,18,28H2,1-2H3,(H,29,31). The molecule has 1 heterocycles. The summed E-state index contributed by atoms with van der Waals surface area (Å²) in [5, 5.41) is 3.80. The maximum atomic E-state index is 13.5. The molecular formula is C27H27N3O2. The predicted octanol–water partition coefficient (Wildman–Crippen LogP) is 4.90. The van der Waals surface area contributed by atoms with Crippen LogP contribution in [0.4, 0.5) is 0 Å². The second-order valence-electron chi connectivity index (χ2n) is 7.81. The molecular weight excluding hydrogens is 398 g/mol. The van der Waals surface area contributed by atoms with Crippen molar-refractivity contribution in [2.75, 3.05) is 13.7 Å². The Hall–Kier alpha value is -3.70. The third-order valence-corrected chi connectivity index (χ3v) is 5.87. The van der Waals surface area contributed by atoms with Crippen molar-refractivity contribution in [1.29, 1.82) is 0 Å². The number of hydrogen-bond acceptors (Lipinski definition) is 4. The summed E-state index contributed by atoms with van der Waals surface area (Å²) < 4.78 is 5.75. The van der Waals surface area contributed by atoms with Gasteiger partial charge in [0.1, 0.15) is 5.69 Å². The molecule has 0 spiro atoms. The first-order chi connectivity index (χ1) is 15.6. The highest BCUT2D eigenvalue weighted by Crippen LogP contribution is 2.36. The van der Waals surface area contributed by atoms with Gasteiger partial charge >= 0.3 is 0 Å². The number of para-hydroxylation sites is 1. The SMILES string of the molecule is CCC(N)(CNC(=O)c1c(OC)c(-c2ccccc2)nc2ccccc12)c1ccccc1. The topological polar surface area (TPSA) is 77.2 Å². The molecule has 0 saturated heterocycles. The lowest BCUT2D eigenvalue weighted by Crippen LogP contribution is -2.47. The molecule has 1 unspecified atom stereocenters. The van der Waals surface area contributed by atoms with Crippen LogP contribution in [0.25, 0.3) is 22.2 Å². The highest BCUT2D eigenvalue weighted by atomic mass is 16.5. The fourth-order valence-electron chi connectivity index (χ4n) is 3.94. The van der Waals surface area contributed by atoms with Gasteiger partial charge in [-0.3, -0.25) is 4.79 Å². The molecule has 3 aromatic carbocycles. The Balaban J connectivity index is 1.77. The lowest BCUT2D eigenvalue weighted by Gasteiger charge is -2.29. The van der Waals surface area contributed by atoms with E-state index in [-0.39, 0.29) is 5.91 Å². The predicted molar refractivity (Wildman–Crippen MR) is 129 cm³/mol. The monoisotopic (exact) mass is 425 g/mol. The molecule has 32 heavy (non-hydrogen) atoms. The molecule has 1 aromatic heterocycles. The number of nitrogens with one attached hydrogen (secondary N) is 1. The quantitative estimate of drug-likeness (QED) is 0.441. The van der Waals surface area contributed by atoms with Gasteiger partial charge in [-0.2, -0.15) is 0 Å². The Morgan fingerprint density at radius 3 is 2.25 bits per heavy atom. The third kappa shape index (κ3) is 4.07. The van der Waals surface area contributed by atoms with E-state index in [4.69, 9.17) is 15.5 Å². The summed E-state index contributed by atoms with van der Waals surface area (Å²) in [6.07, 6.45) is 0.681. The number of pyridine rings is 1. The molecule has 0 bridgehead atoms. The van der Waals surface area contributed by atoms with E-state index in [1.165, 1.54) is 0 Å². The highest BCUT2D eigenvalue weighted by Gasteiger charge is 2.28. The van der Waals surface area contributed by atoms with Crippen LogP contribution in [0, 0.1) is 0 Å². The summed E-state index contributed by atoms with van der Waals surface area (Å²) in [6, 6.07) is 27.2. The number of carbonyl (C=O) groups is 1. The Kier molecular flexibility index (Phi) is 6.19. The van der Waals surface area contributed by atoms with E-state index in [0.29, 0.717) is 30.0 Å². The van der Waals surface area contributed by atoms with Crippen LogP contribution in [0.2, 0.25) is 0 Å². The van der Waals surface area contributed by atoms with Crippen LogP contribution in [-0.4, -0.2) is 24.5 Å². The minimum atomic E-state index is -0.671. The van der Waals surface area contributed by atoms with Gasteiger partial charge in [0.15, 0.2) is 5.75 Å². The molecule has 1 atom stereocenters. The van der Waals surface area contributed by atoms with Crippen molar-refractivity contribution in [3.63, 3.8) is 0 Å². The number of nitrogens with zero attached hydrogens (tertiary/aromatic N) is 1. The van der Waals surface area contributed by atoms with Crippen molar-refractivity contribution < 1.29 is 9.53 Å². The van der Waals surface area contributed by atoms with Gasteiger partial charge in [0, 0.05) is 17.5 Å². The second-order valence-corrected chi connectivity index (χ2v) is 7.81. The molecule has 1 amide bonds. The number of ether oxygens (including phenoxy) is 1. The van der Waals surface area contributed by atoms with E-state index in [0.717, 1.165) is 22.0 Å². The Bertz CT molecular complexity index is 1230. The minimum absolute atomic E-state index is 0.239. The number of rotatable bonds is 7. The van der Waals surface area contributed by atoms with E-state index < -0.39 is 5.54 Å². The molecule has 0 aliphatic rings. The molecule has 5 nitrogen and oxygen atoms in total. The second kappa shape index (κ2) is 9.20. The van der Waals surface area contributed by atoms with Crippen LogP contribution in [0.15, 0.2) is 84.9 Å². The van der Waals surface area contributed by atoms with Crippen LogP contribution < -0.4 is 15.8 Å². The fraction of sp³-hybridized carbons (Fsp3) is 0.185. The first-order valence-corrected chi connectivity index (χ1v) is 10.7. The molecule has 4 aromatic rings. The number of hydrogen-bond donors (Lipinski definition) is 2. The number of methoxy groups -OCH3 is 1. The molecule has 0 fully saturated rings. The van der Waals surface area contributed by atoms with Crippen molar-refractivity contribution in [2.45, 2.75) is 18.9 Å². The zero-order valence-electron chi connectivity index (χ0n) is 18.3. The lowest BCUT2D eigenvalue weighted by molar-refractivity contribution is 0.0941. The third-order valence-electron chi connectivity index (χ3n) is 5.87. The maximum absolute atomic E-state index is 13.5. The zero-order valence-corrected chi connectivity index (χ0v) is 18.3. The maximum Gasteiger partial charge on any atom is 0.255 e. The van der Waals surface area contributed by atoms with Gasteiger partial charge in [-0.05, 0) is 18.1 Å². The van der Waals surface area contributed by atoms with Crippen molar-refractivity contribution in [3.8, 4) is 17.0 Å². The summed E-state index contributed by atoms with van der Waals surface area (Å²) in [5.41, 5.74) is 9.72. The van der Waals surface area contributed by atoms with Crippen LogP contribution >= 0.6 is 0 Å². The molecule has 0 aliphatic carbocycles. The van der Waals surface area contributed by atoms with Crippen molar-refractivity contribution in [2.24, 2.45) is 5.73 Å². The molecule has 4 rings (SSSR count). The summed E-state index contributed by atoms with van der Waals surface area (Å²) in [5.74, 6) is 0.211. The number of nitrogens with two attached hydrogens (primary N) is 1. The molecule has 0 aliphatic heterocycles. The fourth-order valence-corrected chi connectivity index (χ4v) is 3.94. The number of amides is 1. The summed E-state index contributed by atoms with van der Waals surface area (Å²) in [7, 11) is 1.57. The van der Waals surface area contributed by atoms with Gasteiger partial charge < -0.3 is 15.8 Å². The molecule has 0 radical (unpaired) electrons. The van der Waals surface area contributed by atoms with Crippen molar-refractivity contribution >= 4 is 16.8 Å². The van der Waals surface area contributed by atoms with Gasteiger partial charge in [0.25, 0.3) is 5.91 Å². The van der Waals surface area contributed by atoms with Crippen LogP contribution in [0.3, 0.4) is 0 Å². The Labute approximate surface area is 188 Å². The molecule has 5 heteroatoms. The molecule has 3 N–H and O–H groups in total. The Morgan fingerprint density at radius 1 is 0.969 bits per heavy atom. The van der Waals surface area contributed by atoms with Crippen molar-refractivity contribution in [3.05, 3.63) is 96.1 Å². The van der Waals surface area contributed by atoms with E-state index in [1.807, 2.05) is 91.9 Å². The largest absolute Gasteiger partial charge is 0.494 e. The summed E-state index contributed by atoms with van der Waals surface area (Å²) in [6.45, 7) is 2.32. The summed E-state index contributed by atoms with van der Waals surface area (Å²) >= 11 is 0. The lowest BCUT2D eigenvalue weighted by atomic mass is 9.88. The van der Waals surface area contributed by atoms with Crippen LogP contribution in [0.5, 0.6) is 5.75 Å². The van der Waals surface area contributed by atoms with Gasteiger partial charge in [0.2, 0.25) is 0 Å². The Morgan fingerprint density at radius 2 is 1.59 bits per heavy atom. The van der Waals surface area contributed by atoms with E-state index in [1.54, 1.807) is 7.11 Å². The first-order valence-electron chi connectivity index (χ1n) is 10.7. The average Bonchev–Trinajstić information content (AvgIpc) is 2.86. The number of aromatic nitrogens is 1. The van der Waals surface area contributed by atoms with Gasteiger partial charge in [-0.15, -0.1) is 0 Å². The molecule has 0 saturated carbocycles. The van der Waals surface area contributed by atoms with Crippen LogP contribution in [0.1, 0.15) is 29.3 Å². The van der Waals surface area contributed by atoms with Crippen molar-refractivity contribution in [1.82, 2.24) is 10.3 Å². The number of carbonyl (C=O) groups excluding carboxylic acids is 1. The van der Waals surface area contributed by atoms with E-state index in [9.17, 15) is 4.79 Å². The highest BCUT2D eigenvalue weighted by molar-refractivity contribution is 6.10. The normalized spacial score (nSPS) is 12.8. The zero-order chi connectivity index (χ0) is 22.6. The summed E-state index contributed by atoms with van der Waals surface area (Å²) in [4.78, 5) is 18.3. The molecule has 162 valence electrons.